The Morgan fingerprint density at radius 1 is 1.07 bits per heavy atom. The molecule has 138 valence electrons. The van der Waals surface area contributed by atoms with Gasteiger partial charge in [-0.3, -0.25) is 20.0 Å². The molecule has 0 aliphatic carbocycles. The number of para-hydroxylation sites is 1. The normalized spacial score (nSPS) is 10.8. The first-order valence-electron chi connectivity index (χ1n) is 8.22. The van der Waals surface area contributed by atoms with E-state index in [1.165, 1.54) is 30.5 Å². The van der Waals surface area contributed by atoms with Gasteiger partial charge in [-0.2, -0.15) is 4.68 Å². The number of benzene rings is 2. The highest BCUT2D eigenvalue weighted by atomic mass is 79.9. The van der Waals surface area contributed by atoms with Crippen molar-refractivity contribution < 1.29 is 9.18 Å². The molecule has 1 amide bonds. The van der Waals surface area contributed by atoms with E-state index in [1.54, 1.807) is 36.5 Å². The summed E-state index contributed by atoms with van der Waals surface area (Å²) in [7, 11) is 0. The lowest BCUT2D eigenvalue weighted by Crippen LogP contribution is -2.35. The van der Waals surface area contributed by atoms with E-state index in [1.807, 2.05) is 0 Å². The van der Waals surface area contributed by atoms with Gasteiger partial charge in [0.15, 0.2) is 5.82 Å². The minimum atomic E-state index is -0.531. The van der Waals surface area contributed by atoms with Crippen LogP contribution in [0, 0.1) is 5.82 Å². The van der Waals surface area contributed by atoms with Crippen LogP contribution >= 0.6 is 15.9 Å². The van der Waals surface area contributed by atoms with Gasteiger partial charge in [0.05, 0.1) is 16.5 Å². The van der Waals surface area contributed by atoms with Crippen LogP contribution in [-0.2, 0) is 0 Å². The first-order chi connectivity index (χ1) is 13.5. The number of fused-ring (bicyclic) bond motifs is 1. The Morgan fingerprint density at radius 2 is 1.82 bits per heavy atom. The first-order valence-corrected chi connectivity index (χ1v) is 9.02. The molecule has 8 heteroatoms. The molecule has 0 unspecified atom stereocenters. The van der Waals surface area contributed by atoms with Gasteiger partial charge in [-0.1, -0.05) is 12.1 Å². The number of rotatable bonds is 3. The van der Waals surface area contributed by atoms with Crippen molar-refractivity contribution in [2.24, 2.45) is 0 Å². The summed E-state index contributed by atoms with van der Waals surface area (Å²) in [5, 5.41) is 0.348. The van der Waals surface area contributed by atoms with E-state index in [2.05, 4.69) is 31.3 Å². The Kier molecular flexibility index (Phi) is 4.70. The summed E-state index contributed by atoms with van der Waals surface area (Å²) in [6.45, 7) is 0. The monoisotopic (exact) mass is 438 g/mol. The van der Waals surface area contributed by atoms with Crippen molar-refractivity contribution in [3.8, 4) is 11.4 Å². The minimum absolute atomic E-state index is 0.194. The minimum Gasteiger partial charge on any atom is -0.267 e. The molecular formula is C20H12BrFN4O2. The van der Waals surface area contributed by atoms with Gasteiger partial charge in [0.2, 0.25) is 0 Å². The van der Waals surface area contributed by atoms with Gasteiger partial charge in [-0.15, -0.1) is 0 Å². The smallest absolute Gasteiger partial charge is 0.267 e. The molecule has 0 saturated carbocycles. The van der Waals surface area contributed by atoms with Gasteiger partial charge in [-0.25, -0.2) is 9.37 Å². The Morgan fingerprint density at radius 3 is 2.57 bits per heavy atom. The van der Waals surface area contributed by atoms with Crippen LogP contribution in [0.15, 0.2) is 76.3 Å². The zero-order valence-corrected chi connectivity index (χ0v) is 15.9. The van der Waals surface area contributed by atoms with Crippen molar-refractivity contribution in [3.63, 3.8) is 0 Å². The molecule has 0 atom stereocenters. The maximum atomic E-state index is 13.3. The largest absolute Gasteiger partial charge is 0.280 e. The summed E-state index contributed by atoms with van der Waals surface area (Å²) in [6.07, 6.45) is 2.93. The average molecular weight is 439 g/mol. The van der Waals surface area contributed by atoms with Crippen molar-refractivity contribution in [1.29, 1.82) is 0 Å². The van der Waals surface area contributed by atoms with Crippen molar-refractivity contribution in [1.82, 2.24) is 14.6 Å². The fourth-order valence-corrected chi connectivity index (χ4v) is 3.10. The highest BCUT2D eigenvalue weighted by Crippen LogP contribution is 2.19. The number of hydrogen-bond donors (Lipinski definition) is 1. The van der Waals surface area contributed by atoms with Crippen LogP contribution in [0.2, 0.25) is 0 Å². The molecule has 0 spiro atoms. The molecule has 4 aromatic rings. The molecule has 0 aliphatic heterocycles. The fraction of sp³-hybridized carbons (Fsp3) is 0. The second kappa shape index (κ2) is 7.32. The van der Waals surface area contributed by atoms with Crippen LogP contribution in [0.3, 0.4) is 0 Å². The lowest BCUT2D eigenvalue weighted by molar-refractivity contribution is 0.101. The molecule has 6 nitrogen and oxygen atoms in total. The number of nitrogens with one attached hydrogen (secondary N) is 1. The quantitative estimate of drug-likeness (QED) is 0.528. The number of nitrogens with zero attached hydrogens (tertiary/aromatic N) is 3. The van der Waals surface area contributed by atoms with E-state index in [0.29, 0.717) is 20.9 Å². The molecule has 0 saturated heterocycles. The molecular weight excluding hydrogens is 427 g/mol. The van der Waals surface area contributed by atoms with Crippen LogP contribution < -0.4 is 11.0 Å². The Balaban J connectivity index is 1.89. The van der Waals surface area contributed by atoms with Gasteiger partial charge >= 0.3 is 0 Å². The summed E-state index contributed by atoms with van der Waals surface area (Å²) in [5.74, 6) is -0.751. The summed E-state index contributed by atoms with van der Waals surface area (Å²) >= 11 is 3.26. The maximum absolute atomic E-state index is 13.3. The standard InChI is InChI=1S/C20H12BrFN4O2/c21-14-9-13(10-23-11-14)19(27)25-26-18(12-5-7-15(22)8-6-12)24-17-4-2-1-3-16(17)20(26)28/h1-11H,(H,25,27). The first kappa shape index (κ1) is 18.0. The predicted octanol–water partition coefficient (Wildman–Crippen LogP) is 3.74. The third-order valence-corrected chi connectivity index (χ3v) is 4.49. The van der Waals surface area contributed by atoms with E-state index in [-0.39, 0.29) is 11.4 Å². The number of hydrogen-bond acceptors (Lipinski definition) is 4. The molecule has 0 fully saturated rings. The second-order valence-electron chi connectivity index (χ2n) is 5.93. The zero-order chi connectivity index (χ0) is 19.7. The predicted molar refractivity (Wildman–Crippen MR) is 107 cm³/mol. The van der Waals surface area contributed by atoms with E-state index in [4.69, 9.17) is 0 Å². The maximum Gasteiger partial charge on any atom is 0.280 e. The van der Waals surface area contributed by atoms with Crippen LogP contribution in [-0.4, -0.2) is 20.6 Å². The molecule has 1 N–H and O–H groups in total. The number of aromatic nitrogens is 3. The van der Waals surface area contributed by atoms with Gasteiger partial charge in [-0.05, 0) is 58.4 Å². The molecule has 0 bridgehead atoms. The lowest BCUT2D eigenvalue weighted by Gasteiger charge is -2.14. The summed E-state index contributed by atoms with van der Waals surface area (Å²) in [4.78, 5) is 34.2. The Hall–Kier alpha value is -3.39. The Bertz CT molecular complexity index is 1260. The van der Waals surface area contributed by atoms with Gasteiger partial charge < -0.3 is 0 Å². The third kappa shape index (κ3) is 3.41. The number of halogens is 2. The van der Waals surface area contributed by atoms with Gasteiger partial charge in [0, 0.05) is 22.4 Å². The number of amides is 1. The van der Waals surface area contributed by atoms with Crippen molar-refractivity contribution in [3.05, 3.63) is 93.2 Å². The number of carbonyl (C=O) groups excluding carboxylic acids is 1. The van der Waals surface area contributed by atoms with Gasteiger partial charge in [0.25, 0.3) is 11.5 Å². The molecule has 4 rings (SSSR count). The lowest BCUT2D eigenvalue weighted by atomic mass is 10.2. The fourth-order valence-electron chi connectivity index (χ4n) is 2.73. The molecule has 0 radical (unpaired) electrons. The van der Waals surface area contributed by atoms with Crippen molar-refractivity contribution in [2.45, 2.75) is 0 Å². The number of carbonyl (C=O) groups is 1. The highest BCUT2D eigenvalue weighted by molar-refractivity contribution is 9.10. The van der Waals surface area contributed by atoms with E-state index in [0.717, 1.165) is 4.68 Å². The van der Waals surface area contributed by atoms with Crippen molar-refractivity contribution >= 4 is 32.7 Å². The summed E-state index contributed by atoms with van der Waals surface area (Å²) < 4.78 is 15.0. The third-order valence-electron chi connectivity index (χ3n) is 4.06. The summed E-state index contributed by atoms with van der Waals surface area (Å²) in [5.41, 5.74) is 3.35. The van der Waals surface area contributed by atoms with Crippen LogP contribution in [0.1, 0.15) is 10.4 Å². The molecule has 2 heterocycles. The Labute approximate surface area is 166 Å². The van der Waals surface area contributed by atoms with E-state index in [9.17, 15) is 14.0 Å². The van der Waals surface area contributed by atoms with Crippen molar-refractivity contribution in [2.75, 3.05) is 5.43 Å². The van der Waals surface area contributed by atoms with E-state index >= 15 is 0 Å². The second-order valence-corrected chi connectivity index (χ2v) is 6.85. The summed E-state index contributed by atoms with van der Waals surface area (Å²) in [6, 6.07) is 13.9. The van der Waals surface area contributed by atoms with Crippen LogP contribution in [0.4, 0.5) is 4.39 Å². The highest BCUT2D eigenvalue weighted by Gasteiger charge is 2.16. The van der Waals surface area contributed by atoms with Crippen LogP contribution in [0.25, 0.3) is 22.3 Å². The zero-order valence-electron chi connectivity index (χ0n) is 14.3. The topological polar surface area (TPSA) is 76.9 Å². The molecule has 0 aliphatic rings. The van der Waals surface area contributed by atoms with E-state index < -0.39 is 17.3 Å². The molecule has 2 aromatic carbocycles. The SMILES string of the molecule is O=C(Nn1c(-c2ccc(F)cc2)nc2ccccc2c1=O)c1cncc(Br)c1. The number of pyridine rings is 1. The average Bonchev–Trinajstić information content (AvgIpc) is 2.70. The van der Waals surface area contributed by atoms with Crippen LogP contribution in [0.5, 0.6) is 0 Å². The van der Waals surface area contributed by atoms with Gasteiger partial charge in [0.1, 0.15) is 5.82 Å². The molecule has 28 heavy (non-hydrogen) atoms. The molecule has 2 aromatic heterocycles.